The van der Waals surface area contributed by atoms with E-state index in [0.717, 1.165) is 27.8 Å². The Hall–Kier alpha value is -3.01. The van der Waals surface area contributed by atoms with E-state index in [2.05, 4.69) is 52.2 Å². The van der Waals surface area contributed by atoms with Crippen molar-refractivity contribution in [3.05, 3.63) is 95.3 Å². The van der Waals surface area contributed by atoms with E-state index in [1.54, 1.807) is 31.4 Å². The quantitative estimate of drug-likeness (QED) is 0.295. The molecule has 0 radical (unpaired) electrons. The Bertz CT molecular complexity index is 930. The molecule has 0 heterocycles. The Morgan fingerprint density at radius 3 is 2.15 bits per heavy atom. The second-order valence-electron chi connectivity index (χ2n) is 7.97. The average Bonchev–Trinajstić information content (AvgIpc) is 2.82. The first-order valence-electron chi connectivity index (χ1n) is 12.0. The van der Waals surface area contributed by atoms with Crippen LogP contribution in [0.2, 0.25) is 0 Å². The average molecular weight is 470 g/mol. The molecule has 0 fully saturated rings. The van der Waals surface area contributed by atoms with E-state index in [1.807, 2.05) is 19.9 Å². The second-order valence-corrected chi connectivity index (χ2v) is 7.97. The summed E-state index contributed by atoms with van der Waals surface area (Å²) in [6, 6.07) is 9.32. The summed E-state index contributed by atoms with van der Waals surface area (Å²) in [7, 11) is 3.26. The topological polar surface area (TPSA) is 30.5 Å². The Kier molecular flexibility index (Phi) is 15.9. The minimum absolute atomic E-state index is 0.250. The lowest BCUT2D eigenvalue weighted by Crippen LogP contribution is -2.03. The first kappa shape index (κ1) is 31.0. The van der Waals surface area contributed by atoms with Gasteiger partial charge in [-0.2, -0.15) is 0 Å². The predicted octanol–water partition coefficient (Wildman–Crippen LogP) is 8.50. The second kappa shape index (κ2) is 17.5. The van der Waals surface area contributed by atoms with Gasteiger partial charge in [-0.25, -0.2) is 4.39 Å². The molecule has 0 atom stereocenters. The molecular formula is C30H44FNO2. The van der Waals surface area contributed by atoms with E-state index in [0.29, 0.717) is 17.7 Å². The van der Waals surface area contributed by atoms with Crippen molar-refractivity contribution in [2.45, 2.75) is 67.2 Å². The van der Waals surface area contributed by atoms with Crippen LogP contribution in [-0.4, -0.2) is 14.2 Å². The van der Waals surface area contributed by atoms with Crippen LogP contribution in [0.1, 0.15) is 74.8 Å². The number of aryl methyl sites for hydroxylation is 2. The van der Waals surface area contributed by atoms with Crippen LogP contribution in [0.3, 0.4) is 0 Å². The lowest BCUT2D eigenvalue weighted by atomic mass is 9.91. The fraction of sp³-hybridized carbons (Fsp3) is 0.400. The molecule has 0 aliphatic carbocycles. The number of ether oxygens (including phenoxy) is 2. The van der Waals surface area contributed by atoms with Gasteiger partial charge in [0.05, 0.1) is 13.4 Å². The molecule has 34 heavy (non-hydrogen) atoms. The fourth-order valence-corrected chi connectivity index (χ4v) is 3.01. The van der Waals surface area contributed by atoms with Gasteiger partial charge in [-0.15, -0.1) is 0 Å². The maximum atomic E-state index is 14.6. The van der Waals surface area contributed by atoms with Gasteiger partial charge in [-0.05, 0) is 47.7 Å². The van der Waals surface area contributed by atoms with Gasteiger partial charge in [-0.3, -0.25) is 0 Å². The zero-order valence-electron chi connectivity index (χ0n) is 22.5. The van der Waals surface area contributed by atoms with Crippen LogP contribution >= 0.6 is 0 Å². The SMILES string of the molecule is C=CO/C(=C/NC)C(=C)c1cc(Cc2cccc(OC)c2F)c(C)cc1C.CCC.CCCC. The molecule has 1 N–H and O–H groups in total. The van der Waals surface area contributed by atoms with Gasteiger partial charge >= 0.3 is 0 Å². The summed E-state index contributed by atoms with van der Waals surface area (Å²) in [5, 5.41) is 2.95. The Labute approximate surface area is 207 Å². The zero-order chi connectivity index (χ0) is 26.1. The van der Waals surface area contributed by atoms with Gasteiger partial charge in [0, 0.05) is 25.2 Å². The van der Waals surface area contributed by atoms with Crippen LogP contribution < -0.4 is 10.1 Å². The van der Waals surface area contributed by atoms with Gasteiger partial charge in [0.1, 0.15) is 5.76 Å². The molecule has 0 aromatic heterocycles. The molecule has 188 valence electrons. The molecule has 0 amide bonds. The number of allylic oxidation sites excluding steroid dienone is 1. The lowest BCUT2D eigenvalue weighted by Gasteiger charge is -2.16. The van der Waals surface area contributed by atoms with E-state index < -0.39 is 0 Å². The Morgan fingerprint density at radius 1 is 1.03 bits per heavy atom. The zero-order valence-corrected chi connectivity index (χ0v) is 22.5. The van der Waals surface area contributed by atoms with Crippen LogP contribution in [0.25, 0.3) is 5.57 Å². The number of rotatable bonds is 9. The Morgan fingerprint density at radius 2 is 1.65 bits per heavy atom. The number of hydrogen-bond acceptors (Lipinski definition) is 3. The third kappa shape index (κ3) is 9.86. The van der Waals surface area contributed by atoms with Crippen LogP contribution in [-0.2, 0) is 11.2 Å². The van der Waals surface area contributed by atoms with E-state index in [-0.39, 0.29) is 11.6 Å². The summed E-state index contributed by atoms with van der Waals surface area (Å²) in [6.07, 6.45) is 7.44. The highest BCUT2D eigenvalue weighted by Crippen LogP contribution is 2.30. The van der Waals surface area contributed by atoms with Crippen molar-refractivity contribution in [2.24, 2.45) is 0 Å². The summed E-state index contributed by atoms with van der Waals surface area (Å²) in [5.74, 6) is 0.504. The highest BCUT2D eigenvalue weighted by Gasteiger charge is 2.15. The van der Waals surface area contributed by atoms with Crippen molar-refractivity contribution in [2.75, 3.05) is 14.2 Å². The number of benzene rings is 2. The smallest absolute Gasteiger partial charge is 0.168 e. The van der Waals surface area contributed by atoms with Crippen molar-refractivity contribution < 1.29 is 13.9 Å². The van der Waals surface area contributed by atoms with Gasteiger partial charge in [0.15, 0.2) is 11.6 Å². The van der Waals surface area contributed by atoms with Crippen LogP contribution in [0.15, 0.2) is 61.7 Å². The monoisotopic (exact) mass is 469 g/mol. The highest BCUT2D eigenvalue weighted by atomic mass is 19.1. The Balaban J connectivity index is 0.00000137. The molecule has 0 bridgehead atoms. The lowest BCUT2D eigenvalue weighted by molar-refractivity contribution is 0.371. The summed E-state index contributed by atoms with van der Waals surface area (Å²) in [4.78, 5) is 0. The van der Waals surface area contributed by atoms with Gasteiger partial charge in [-0.1, -0.05) is 84.4 Å². The molecule has 2 aromatic carbocycles. The number of unbranched alkanes of at least 4 members (excludes halogenated alkanes) is 1. The number of methoxy groups -OCH3 is 1. The third-order valence-electron chi connectivity index (χ3n) is 4.94. The van der Waals surface area contributed by atoms with Crippen LogP contribution in [0.4, 0.5) is 4.39 Å². The number of halogens is 1. The van der Waals surface area contributed by atoms with Crippen molar-refractivity contribution in [3.8, 4) is 5.75 Å². The molecule has 0 unspecified atom stereocenters. The maximum absolute atomic E-state index is 14.6. The molecule has 0 saturated heterocycles. The summed E-state index contributed by atoms with van der Waals surface area (Å²) in [6.45, 7) is 20.4. The molecule has 0 spiro atoms. The van der Waals surface area contributed by atoms with Crippen molar-refractivity contribution in [1.29, 1.82) is 0 Å². The molecule has 0 aliphatic heterocycles. The van der Waals surface area contributed by atoms with E-state index in [4.69, 9.17) is 9.47 Å². The predicted molar refractivity (Wildman–Crippen MR) is 146 cm³/mol. The fourth-order valence-electron chi connectivity index (χ4n) is 3.01. The van der Waals surface area contributed by atoms with E-state index in [9.17, 15) is 4.39 Å². The van der Waals surface area contributed by atoms with Crippen molar-refractivity contribution in [1.82, 2.24) is 5.32 Å². The molecule has 2 rings (SSSR count). The first-order valence-corrected chi connectivity index (χ1v) is 12.0. The summed E-state index contributed by atoms with van der Waals surface area (Å²) >= 11 is 0. The highest BCUT2D eigenvalue weighted by molar-refractivity contribution is 5.78. The summed E-state index contributed by atoms with van der Waals surface area (Å²) < 4.78 is 25.1. The molecule has 2 aromatic rings. The van der Waals surface area contributed by atoms with Crippen molar-refractivity contribution in [3.63, 3.8) is 0 Å². The van der Waals surface area contributed by atoms with Crippen molar-refractivity contribution >= 4 is 5.57 Å². The van der Waals surface area contributed by atoms with Gasteiger partial charge in [0.2, 0.25) is 0 Å². The number of hydrogen-bond donors (Lipinski definition) is 1. The largest absolute Gasteiger partial charge is 0.494 e. The van der Waals surface area contributed by atoms with Crippen LogP contribution in [0, 0.1) is 19.7 Å². The molecule has 3 nitrogen and oxygen atoms in total. The standard InChI is InChI=1S/C23H26FNO2.C4H10.C3H8/c1-7-27-22(14-25-5)17(4)20-13-19(15(2)11-16(20)3)12-18-9-8-10-21(26-6)23(18)24;1-3-4-2;1-3-2/h7-11,13-14,25H,1,4,12H2,2-3,5-6H3;3-4H2,1-2H3;3H2,1-2H3/b22-14+;;. The first-order chi connectivity index (χ1) is 16.2. The molecule has 4 heteroatoms. The summed E-state index contributed by atoms with van der Waals surface area (Å²) in [5.41, 5.74) is 5.45. The van der Waals surface area contributed by atoms with E-state index >= 15 is 0 Å². The van der Waals surface area contributed by atoms with E-state index in [1.165, 1.54) is 32.6 Å². The minimum atomic E-state index is -0.328. The number of nitrogens with one attached hydrogen (secondary N) is 1. The molecule has 0 saturated carbocycles. The minimum Gasteiger partial charge on any atom is -0.494 e. The van der Waals surface area contributed by atoms with Gasteiger partial charge < -0.3 is 14.8 Å². The van der Waals surface area contributed by atoms with Gasteiger partial charge in [0.25, 0.3) is 0 Å². The maximum Gasteiger partial charge on any atom is 0.168 e. The van der Waals surface area contributed by atoms with Crippen LogP contribution in [0.5, 0.6) is 5.75 Å². The normalized spacial score (nSPS) is 10.2. The molecular weight excluding hydrogens is 425 g/mol. The molecule has 0 aliphatic rings. The third-order valence-corrected chi connectivity index (χ3v) is 4.94.